The highest BCUT2D eigenvalue weighted by Crippen LogP contribution is 2.05. The number of unbranched alkanes of at least 4 members (excludes halogenated alkanes) is 1. The summed E-state index contributed by atoms with van der Waals surface area (Å²) in [6, 6.07) is 5.89. The SMILES string of the molecule is NCCCCC(NC(=O)C(N)CCCN=C(N)N)C(=O)NCC(=O)NC(Cc1ccccc1)C(=O)O. The maximum Gasteiger partial charge on any atom is 0.326 e. The number of aliphatic carboxylic acids is 1. The van der Waals surface area contributed by atoms with E-state index < -0.39 is 48.4 Å². The summed E-state index contributed by atoms with van der Waals surface area (Å²) in [6.07, 6.45) is 2.38. The topological polar surface area (TPSA) is 241 Å². The lowest BCUT2D eigenvalue weighted by molar-refractivity contribution is -0.141. The minimum atomic E-state index is -1.20. The average Bonchev–Trinajstić information content (AvgIpc) is 2.84. The number of nitrogens with two attached hydrogens (primary N) is 4. The van der Waals surface area contributed by atoms with Crippen LogP contribution in [0.15, 0.2) is 35.3 Å². The zero-order valence-corrected chi connectivity index (χ0v) is 20.3. The third-order valence-corrected chi connectivity index (χ3v) is 5.22. The highest BCUT2D eigenvalue weighted by molar-refractivity contribution is 5.92. The van der Waals surface area contributed by atoms with Crippen LogP contribution < -0.4 is 38.9 Å². The van der Waals surface area contributed by atoms with Gasteiger partial charge in [-0.1, -0.05) is 30.3 Å². The quantitative estimate of drug-likeness (QED) is 0.0655. The fourth-order valence-corrected chi connectivity index (χ4v) is 3.28. The molecule has 0 saturated carbocycles. The van der Waals surface area contributed by atoms with Crippen molar-refractivity contribution in [2.45, 2.75) is 56.7 Å². The van der Waals surface area contributed by atoms with Gasteiger partial charge in [-0.3, -0.25) is 19.4 Å². The molecule has 1 aromatic rings. The van der Waals surface area contributed by atoms with Gasteiger partial charge in [0.05, 0.1) is 12.6 Å². The maximum atomic E-state index is 12.7. The first-order valence-corrected chi connectivity index (χ1v) is 11.8. The molecule has 13 nitrogen and oxygen atoms in total. The van der Waals surface area contributed by atoms with Crippen LogP contribution >= 0.6 is 0 Å². The highest BCUT2D eigenvalue weighted by Gasteiger charge is 2.25. The van der Waals surface area contributed by atoms with Gasteiger partial charge in [0.15, 0.2) is 5.96 Å². The average molecular weight is 507 g/mol. The van der Waals surface area contributed by atoms with Crippen LogP contribution in [-0.4, -0.2) is 72.5 Å². The summed E-state index contributed by atoms with van der Waals surface area (Å²) >= 11 is 0. The third-order valence-electron chi connectivity index (χ3n) is 5.22. The van der Waals surface area contributed by atoms with Crippen molar-refractivity contribution in [3.8, 4) is 0 Å². The van der Waals surface area contributed by atoms with Crippen molar-refractivity contribution in [1.82, 2.24) is 16.0 Å². The van der Waals surface area contributed by atoms with E-state index in [1.807, 2.05) is 0 Å². The van der Waals surface area contributed by atoms with Gasteiger partial charge in [-0.05, 0) is 44.2 Å². The Balaban J connectivity index is 2.63. The first-order chi connectivity index (χ1) is 17.1. The molecule has 0 radical (unpaired) electrons. The van der Waals surface area contributed by atoms with Crippen molar-refractivity contribution in [3.05, 3.63) is 35.9 Å². The van der Waals surface area contributed by atoms with Gasteiger partial charge in [-0.15, -0.1) is 0 Å². The van der Waals surface area contributed by atoms with Gasteiger partial charge in [-0.2, -0.15) is 0 Å². The van der Waals surface area contributed by atoms with Gasteiger partial charge in [-0.25, -0.2) is 4.79 Å². The Hall–Kier alpha value is -3.71. The molecule has 36 heavy (non-hydrogen) atoms. The summed E-state index contributed by atoms with van der Waals surface area (Å²) in [6.45, 7) is 0.290. The summed E-state index contributed by atoms with van der Waals surface area (Å²) in [4.78, 5) is 52.9. The number of nitrogens with one attached hydrogen (secondary N) is 3. The molecule has 0 aromatic heterocycles. The van der Waals surface area contributed by atoms with Crippen LogP contribution in [0.4, 0.5) is 0 Å². The van der Waals surface area contributed by atoms with Gasteiger partial charge in [0, 0.05) is 13.0 Å². The van der Waals surface area contributed by atoms with Gasteiger partial charge in [0.25, 0.3) is 0 Å². The van der Waals surface area contributed by atoms with Crippen molar-refractivity contribution in [2.75, 3.05) is 19.6 Å². The molecule has 200 valence electrons. The predicted octanol–water partition coefficient (Wildman–Crippen LogP) is -2.09. The first-order valence-electron chi connectivity index (χ1n) is 11.8. The maximum absolute atomic E-state index is 12.7. The van der Waals surface area contributed by atoms with Crippen molar-refractivity contribution >= 4 is 29.7 Å². The molecule has 13 heteroatoms. The van der Waals surface area contributed by atoms with Gasteiger partial charge < -0.3 is 44.0 Å². The van der Waals surface area contributed by atoms with Gasteiger partial charge in [0.1, 0.15) is 12.1 Å². The minimum absolute atomic E-state index is 0.0524. The number of hydrogen-bond donors (Lipinski definition) is 8. The number of carboxylic acid groups (broad SMARTS) is 1. The second-order valence-corrected chi connectivity index (χ2v) is 8.27. The van der Waals surface area contributed by atoms with Crippen LogP contribution in [0.3, 0.4) is 0 Å². The van der Waals surface area contributed by atoms with E-state index in [4.69, 9.17) is 22.9 Å². The van der Waals surface area contributed by atoms with Crippen molar-refractivity contribution in [3.63, 3.8) is 0 Å². The second kappa shape index (κ2) is 16.8. The Morgan fingerprint density at radius 3 is 2.22 bits per heavy atom. The Kier molecular flexibility index (Phi) is 14.2. The molecule has 0 spiro atoms. The van der Waals surface area contributed by atoms with Crippen LogP contribution in [0.25, 0.3) is 0 Å². The summed E-state index contributed by atoms with van der Waals surface area (Å²) in [5, 5.41) is 16.9. The standard InChI is InChI=1S/C23H38N8O5/c24-11-5-4-10-17(31-20(33)16(25)9-6-12-28-23(26)27)21(34)29-14-19(32)30-18(22(35)36)13-15-7-2-1-3-8-15/h1-3,7-8,16-18H,4-6,9-14,24-25H2,(H,29,34)(H,30,32)(H,31,33)(H,35,36)(H4,26,27,28). The number of aliphatic imine (C=N–C) groups is 1. The molecule has 3 atom stereocenters. The number of carbonyl (C=O) groups excluding carboxylic acids is 3. The van der Waals surface area contributed by atoms with Crippen LogP contribution in [0.1, 0.15) is 37.7 Å². The number of amides is 3. The molecule has 0 aliphatic heterocycles. The summed E-state index contributed by atoms with van der Waals surface area (Å²) in [5.74, 6) is -3.03. The predicted molar refractivity (Wildman–Crippen MR) is 135 cm³/mol. The number of nitrogens with zero attached hydrogens (tertiary/aromatic N) is 1. The molecular formula is C23H38N8O5. The molecule has 3 amide bonds. The number of benzene rings is 1. The zero-order chi connectivity index (χ0) is 26.9. The molecule has 0 saturated heterocycles. The molecule has 0 aliphatic carbocycles. The van der Waals surface area contributed by atoms with Crippen LogP contribution in [0.5, 0.6) is 0 Å². The van der Waals surface area contributed by atoms with Crippen LogP contribution in [0, 0.1) is 0 Å². The number of carbonyl (C=O) groups is 4. The normalized spacial score (nSPS) is 13.1. The lowest BCUT2D eigenvalue weighted by Gasteiger charge is -2.21. The molecule has 0 heterocycles. The van der Waals surface area contributed by atoms with E-state index >= 15 is 0 Å². The van der Waals surface area contributed by atoms with Crippen molar-refractivity contribution < 1.29 is 24.3 Å². The Labute approximate surface area is 210 Å². The monoisotopic (exact) mass is 506 g/mol. The molecule has 1 rings (SSSR count). The van der Waals surface area contributed by atoms with E-state index in [1.54, 1.807) is 30.3 Å². The smallest absolute Gasteiger partial charge is 0.326 e. The van der Waals surface area contributed by atoms with Gasteiger partial charge >= 0.3 is 5.97 Å². The molecular weight excluding hydrogens is 468 g/mol. The zero-order valence-electron chi connectivity index (χ0n) is 20.3. The Morgan fingerprint density at radius 1 is 0.917 bits per heavy atom. The largest absolute Gasteiger partial charge is 0.480 e. The van der Waals surface area contributed by atoms with Crippen LogP contribution in [0.2, 0.25) is 0 Å². The lowest BCUT2D eigenvalue weighted by atomic mass is 10.1. The Bertz CT molecular complexity index is 877. The minimum Gasteiger partial charge on any atom is -0.480 e. The van der Waals surface area contributed by atoms with E-state index in [-0.39, 0.29) is 12.4 Å². The molecule has 0 fully saturated rings. The Morgan fingerprint density at radius 2 is 1.61 bits per heavy atom. The highest BCUT2D eigenvalue weighted by atomic mass is 16.4. The molecule has 3 unspecified atom stereocenters. The molecule has 1 aromatic carbocycles. The summed E-state index contributed by atoms with van der Waals surface area (Å²) in [7, 11) is 0. The van der Waals surface area contributed by atoms with Crippen molar-refractivity contribution in [2.24, 2.45) is 27.9 Å². The molecule has 12 N–H and O–H groups in total. The number of carboxylic acids is 1. The van der Waals surface area contributed by atoms with Crippen molar-refractivity contribution in [1.29, 1.82) is 0 Å². The number of hydrogen-bond acceptors (Lipinski definition) is 7. The van der Waals surface area contributed by atoms with E-state index in [2.05, 4.69) is 20.9 Å². The summed E-state index contributed by atoms with van der Waals surface area (Å²) < 4.78 is 0. The molecule has 0 aliphatic rings. The summed E-state index contributed by atoms with van der Waals surface area (Å²) in [5.41, 5.74) is 22.7. The second-order valence-electron chi connectivity index (χ2n) is 8.27. The third kappa shape index (κ3) is 12.7. The van der Waals surface area contributed by atoms with E-state index in [1.165, 1.54) is 0 Å². The lowest BCUT2D eigenvalue weighted by Crippen LogP contribution is -2.53. The van der Waals surface area contributed by atoms with Crippen LogP contribution in [-0.2, 0) is 25.6 Å². The number of guanidine groups is 1. The van der Waals surface area contributed by atoms with E-state index in [0.29, 0.717) is 45.2 Å². The molecule has 0 bridgehead atoms. The first kappa shape index (κ1) is 30.3. The van der Waals surface area contributed by atoms with Gasteiger partial charge in [0.2, 0.25) is 17.7 Å². The fourth-order valence-electron chi connectivity index (χ4n) is 3.28. The number of rotatable bonds is 17. The van der Waals surface area contributed by atoms with E-state index in [0.717, 1.165) is 5.56 Å². The van der Waals surface area contributed by atoms with E-state index in [9.17, 15) is 24.3 Å². The fraction of sp³-hybridized carbons (Fsp3) is 0.522.